The molecule has 20 heavy (non-hydrogen) atoms. The maximum atomic E-state index is 6.27. The number of halogens is 3. The number of benzene rings is 1. The van der Waals surface area contributed by atoms with E-state index in [1.54, 1.807) is 11.3 Å². The van der Waals surface area contributed by atoms with Gasteiger partial charge in [-0.25, -0.2) is 4.98 Å². The van der Waals surface area contributed by atoms with Gasteiger partial charge in [-0.3, -0.25) is 0 Å². The van der Waals surface area contributed by atoms with Crippen LogP contribution in [0.2, 0.25) is 5.02 Å². The molecule has 1 unspecified atom stereocenters. The molecule has 2 nitrogen and oxygen atoms in total. The predicted molar refractivity (Wildman–Crippen MR) is 90.1 cm³/mol. The van der Waals surface area contributed by atoms with Crippen LogP contribution < -0.4 is 0 Å². The molecule has 2 heterocycles. The van der Waals surface area contributed by atoms with Crippen LogP contribution in [-0.2, 0) is 6.54 Å². The molecule has 0 aliphatic heterocycles. The minimum Gasteiger partial charge on any atom is -0.321 e. The summed E-state index contributed by atoms with van der Waals surface area (Å²) in [4.78, 5) is 5.87. The Morgan fingerprint density at radius 2 is 2.20 bits per heavy atom. The van der Waals surface area contributed by atoms with Crippen molar-refractivity contribution in [2.45, 2.75) is 18.8 Å². The Labute approximate surface area is 139 Å². The quantitative estimate of drug-likeness (QED) is 0.512. The minimum atomic E-state index is -0.149. The van der Waals surface area contributed by atoms with Crippen LogP contribution in [0, 0.1) is 0 Å². The third kappa shape index (κ3) is 2.75. The lowest BCUT2D eigenvalue weighted by atomic mass is 10.3. The highest BCUT2D eigenvalue weighted by Gasteiger charge is 2.16. The van der Waals surface area contributed by atoms with Gasteiger partial charge in [-0.2, -0.15) is 0 Å². The van der Waals surface area contributed by atoms with Gasteiger partial charge in [0.2, 0.25) is 0 Å². The molecular weight excluding hydrogens is 379 g/mol. The average Bonchev–Trinajstić information content (AvgIpc) is 2.95. The molecule has 6 heteroatoms. The summed E-state index contributed by atoms with van der Waals surface area (Å²) in [6.45, 7) is 2.69. The van der Waals surface area contributed by atoms with Gasteiger partial charge in [-0.15, -0.1) is 22.9 Å². The second kappa shape index (κ2) is 5.68. The van der Waals surface area contributed by atoms with E-state index < -0.39 is 0 Å². The van der Waals surface area contributed by atoms with Crippen LogP contribution in [0.5, 0.6) is 0 Å². The Balaban J connectivity index is 2.15. The van der Waals surface area contributed by atoms with Gasteiger partial charge in [0.15, 0.2) is 0 Å². The van der Waals surface area contributed by atoms with Crippen LogP contribution in [0.3, 0.4) is 0 Å². The van der Waals surface area contributed by atoms with Crippen LogP contribution in [0.15, 0.2) is 34.1 Å². The largest absolute Gasteiger partial charge is 0.321 e. The van der Waals surface area contributed by atoms with E-state index in [2.05, 4.69) is 36.9 Å². The van der Waals surface area contributed by atoms with Gasteiger partial charge in [0.1, 0.15) is 5.82 Å². The van der Waals surface area contributed by atoms with Crippen LogP contribution in [0.1, 0.15) is 23.0 Å². The number of hydrogen-bond donors (Lipinski definition) is 0. The summed E-state index contributed by atoms with van der Waals surface area (Å²) in [5.41, 5.74) is 1.94. The maximum Gasteiger partial charge on any atom is 0.128 e. The molecule has 3 rings (SSSR count). The molecule has 0 spiro atoms. The lowest BCUT2D eigenvalue weighted by Gasteiger charge is -2.09. The second-order valence-electron chi connectivity index (χ2n) is 4.54. The standard InChI is InChI=1S/C14H11BrCl2N2S/c1-8(16)14-18-12-3-2-10(17)5-13(12)19(14)6-11-4-9(15)7-20-11/h2-5,7-8H,6H2,1H3. The summed E-state index contributed by atoms with van der Waals surface area (Å²) in [5.74, 6) is 0.869. The van der Waals surface area contributed by atoms with Crippen molar-refractivity contribution in [1.29, 1.82) is 0 Å². The first kappa shape index (κ1) is 14.4. The number of thiophene rings is 1. The zero-order valence-corrected chi connectivity index (χ0v) is 14.5. The summed E-state index contributed by atoms with van der Waals surface area (Å²) in [5, 5.41) is 2.63. The van der Waals surface area contributed by atoms with E-state index in [0.29, 0.717) is 5.02 Å². The van der Waals surface area contributed by atoms with Crippen molar-refractivity contribution in [2.24, 2.45) is 0 Å². The number of hydrogen-bond acceptors (Lipinski definition) is 2. The molecule has 0 saturated carbocycles. The summed E-state index contributed by atoms with van der Waals surface area (Å²) in [7, 11) is 0. The highest BCUT2D eigenvalue weighted by molar-refractivity contribution is 9.10. The molecule has 0 bridgehead atoms. The van der Waals surface area contributed by atoms with Crippen molar-refractivity contribution in [3.63, 3.8) is 0 Å². The lowest BCUT2D eigenvalue weighted by Crippen LogP contribution is -2.04. The van der Waals surface area contributed by atoms with Crippen molar-refractivity contribution in [3.05, 3.63) is 49.8 Å². The Morgan fingerprint density at radius 3 is 2.85 bits per heavy atom. The molecule has 0 aliphatic rings. The monoisotopic (exact) mass is 388 g/mol. The Kier molecular flexibility index (Phi) is 4.09. The van der Waals surface area contributed by atoms with Crippen molar-refractivity contribution in [1.82, 2.24) is 9.55 Å². The molecular formula is C14H11BrCl2N2S. The van der Waals surface area contributed by atoms with E-state index in [1.807, 2.05) is 25.1 Å². The molecule has 0 N–H and O–H groups in total. The number of nitrogens with zero attached hydrogens (tertiary/aromatic N) is 2. The summed E-state index contributed by atoms with van der Waals surface area (Å²) in [6.07, 6.45) is 0. The maximum absolute atomic E-state index is 6.27. The molecule has 1 atom stereocenters. The smallest absolute Gasteiger partial charge is 0.128 e. The van der Waals surface area contributed by atoms with E-state index in [0.717, 1.165) is 27.9 Å². The first-order chi connectivity index (χ1) is 9.54. The zero-order valence-electron chi connectivity index (χ0n) is 10.6. The van der Waals surface area contributed by atoms with Gasteiger partial charge in [0.25, 0.3) is 0 Å². The van der Waals surface area contributed by atoms with Crippen LogP contribution >= 0.6 is 50.5 Å². The SMILES string of the molecule is CC(Cl)c1nc2ccc(Cl)cc2n1Cc1cc(Br)cs1. The first-order valence-electron chi connectivity index (χ1n) is 6.07. The van der Waals surface area contributed by atoms with E-state index in [9.17, 15) is 0 Å². The van der Waals surface area contributed by atoms with Gasteiger partial charge < -0.3 is 4.57 Å². The van der Waals surface area contributed by atoms with Gasteiger partial charge in [0, 0.05) is 19.8 Å². The fourth-order valence-electron chi connectivity index (χ4n) is 2.18. The summed E-state index contributed by atoms with van der Waals surface area (Å²) < 4.78 is 3.23. The van der Waals surface area contributed by atoms with E-state index in [1.165, 1.54) is 4.88 Å². The van der Waals surface area contributed by atoms with Crippen LogP contribution in [-0.4, -0.2) is 9.55 Å². The number of rotatable bonds is 3. The topological polar surface area (TPSA) is 17.8 Å². The molecule has 3 aromatic rings. The molecule has 0 saturated heterocycles. The van der Waals surface area contributed by atoms with Gasteiger partial charge in [-0.1, -0.05) is 11.6 Å². The zero-order chi connectivity index (χ0) is 14.3. The normalized spacial score (nSPS) is 13.0. The highest BCUT2D eigenvalue weighted by Crippen LogP contribution is 2.29. The first-order valence-corrected chi connectivity index (χ1v) is 8.56. The predicted octanol–water partition coefficient (Wildman–Crippen LogP) is 5.86. The Hall–Kier alpha value is -0.550. The highest BCUT2D eigenvalue weighted by atomic mass is 79.9. The minimum absolute atomic E-state index is 0.149. The fourth-order valence-corrected chi connectivity index (χ4v) is 3.95. The molecule has 0 radical (unpaired) electrons. The molecule has 0 aliphatic carbocycles. The van der Waals surface area contributed by atoms with E-state index in [-0.39, 0.29) is 5.38 Å². The number of alkyl halides is 1. The third-order valence-electron chi connectivity index (χ3n) is 3.03. The van der Waals surface area contributed by atoms with Crippen molar-refractivity contribution in [3.8, 4) is 0 Å². The number of aromatic nitrogens is 2. The Morgan fingerprint density at radius 1 is 1.40 bits per heavy atom. The second-order valence-corrected chi connectivity index (χ2v) is 7.54. The van der Waals surface area contributed by atoms with E-state index in [4.69, 9.17) is 23.2 Å². The lowest BCUT2D eigenvalue weighted by molar-refractivity contribution is 0.750. The third-order valence-corrected chi connectivity index (χ3v) is 5.14. The van der Waals surface area contributed by atoms with Gasteiger partial charge in [0.05, 0.1) is 23.0 Å². The molecule has 1 aromatic carbocycles. The van der Waals surface area contributed by atoms with Gasteiger partial charge in [-0.05, 0) is 47.1 Å². The van der Waals surface area contributed by atoms with E-state index >= 15 is 0 Å². The van der Waals surface area contributed by atoms with Crippen LogP contribution in [0.25, 0.3) is 11.0 Å². The molecule has 0 fully saturated rings. The van der Waals surface area contributed by atoms with Crippen molar-refractivity contribution < 1.29 is 0 Å². The van der Waals surface area contributed by atoms with Crippen molar-refractivity contribution >= 4 is 61.5 Å². The number of imidazole rings is 1. The van der Waals surface area contributed by atoms with Crippen molar-refractivity contribution in [2.75, 3.05) is 0 Å². The molecule has 104 valence electrons. The van der Waals surface area contributed by atoms with Crippen LogP contribution in [0.4, 0.5) is 0 Å². The fraction of sp³-hybridized carbons (Fsp3) is 0.214. The Bertz CT molecular complexity index is 764. The molecule has 0 amide bonds. The molecule has 2 aromatic heterocycles. The van der Waals surface area contributed by atoms with Gasteiger partial charge >= 0.3 is 0 Å². The summed E-state index contributed by atoms with van der Waals surface area (Å²) in [6, 6.07) is 7.84. The number of fused-ring (bicyclic) bond motifs is 1. The summed E-state index contributed by atoms with van der Waals surface area (Å²) >= 11 is 17.6. The average molecular weight is 390 g/mol.